The van der Waals surface area contributed by atoms with Gasteiger partial charge in [0.15, 0.2) is 0 Å². The molecule has 14 heavy (non-hydrogen) atoms. The molecule has 0 fully saturated rings. The van der Waals surface area contributed by atoms with E-state index in [1.165, 1.54) is 0 Å². The first-order valence-corrected chi connectivity index (χ1v) is 5.00. The van der Waals surface area contributed by atoms with Crippen molar-refractivity contribution in [3.05, 3.63) is 0 Å². The van der Waals surface area contributed by atoms with Gasteiger partial charge in [0.1, 0.15) is 12.0 Å². The summed E-state index contributed by atoms with van der Waals surface area (Å²) in [6.45, 7) is 9.59. The van der Waals surface area contributed by atoms with E-state index in [2.05, 4.69) is 0 Å². The molecule has 0 saturated heterocycles. The van der Waals surface area contributed by atoms with Gasteiger partial charge in [0, 0.05) is 0 Å². The molecular weight excluding hydrogens is 178 g/mol. The largest absolute Gasteiger partial charge is 0.461 e. The Balaban J connectivity index is 4.33. The number of carbonyl (C=O) groups excluding carboxylic acids is 1. The Morgan fingerprint density at radius 3 is 1.86 bits per heavy atom. The Labute approximate surface area is 86.1 Å². The zero-order valence-electron chi connectivity index (χ0n) is 9.57. The van der Waals surface area contributed by atoms with Crippen molar-refractivity contribution in [1.82, 2.24) is 0 Å². The predicted molar refractivity (Wildman–Crippen MR) is 54.3 cm³/mol. The van der Waals surface area contributed by atoms with E-state index in [0.717, 1.165) is 0 Å². The van der Waals surface area contributed by atoms with Gasteiger partial charge in [-0.3, -0.25) is 4.79 Å². The topological polar surface area (TPSA) is 50.1 Å². The van der Waals surface area contributed by atoms with E-state index in [1.807, 2.05) is 33.8 Å². The third-order valence-electron chi connectivity index (χ3n) is 2.11. The summed E-state index contributed by atoms with van der Waals surface area (Å²) >= 11 is 0. The minimum Gasteiger partial charge on any atom is -0.461 e. The lowest BCUT2D eigenvalue weighted by Crippen LogP contribution is -2.30. The van der Waals surface area contributed by atoms with Crippen molar-refractivity contribution >= 4 is 5.97 Å². The molecular formula is C11H19NO2. The van der Waals surface area contributed by atoms with Gasteiger partial charge in [-0.1, -0.05) is 27.7 Å². The normalized spacial score (nSPS) is 13.1. The van der Waals surface area contributed by atoms with E-state index in [9.17, 15) is 4.79 Å². The summed E-state index contributed by atoms with van der Waals surface area (Å²) in [6.07, 6.45) is -0.0988. The highest BCUT2D eigenvalue weighted by Gasteiger charge is 2.24. The van der Waals surface area contributed by atoms with E-state index >= 15 is 0 Å². The average molecular weight is 197 g/mol. The number of rotatable bonds is 4. The van der Waals surface area contributed by atoms with Gasteiger partial charge in [0.25, 0.3) is 0 Å². The van der Waals surface area contributed by atoms with Crippen molar-refractivity contribution < 1.29 is 9.53 Å². The van der Waals surface area contributed by atoms with E-state index in [0.29, 0.717) is 0 Å². The first-order chi connectivity index (χ1) is 6.40. The fourth-order valence-corrected chi connectivity index (χ4v) is 1.33. The van der Waals surface area contributed by atoms with E-state index < -0.39 is 11.9 Å². The molecule has 0 aromatic rings. The van der Waals surface area contributed by atoms with Crippen LogP contribution in [0.2, 0.25) is 0 Å². The van der Waals surface area contributed by atoms with Gasteiger partial charge in [0.2, 0.25) is 0 Å². The Morgan fingerprint density at radius 2 is 1.57 bits per heavy atom. The Bertz CT molecular complexity index is 220. The average Bonchev–Trinajstić information content (AvgIpc) is 2.11. The Hall–Kier alpha value is -1.04. The molecule has 0 radical (unpaired) electrons. The van der Waals surface area contributed by atoms with Crippen LogP contribution in [0.5, 0.6) is 0 Å². The molecule has 0 heterocycles. The molecule has 0 aliphatic heterocycles. The molecule has 0 N–H and O–H groups in total. The number of ether oxygens (including phenoxy) is 1. The van der Waals surface area contributed by atoms with E-state index in [-0.39, 0.29) is 17.9 Å². The number of nitriles is 1. The smallest absolute Gasteiger partial charge is 0.323 e. The Kier molecular flexibility index (Phi) is 5.22. The van der Waals surface area contributed by atoms with Crippen LogP contribution in [0.4, 0.5) is 0 Å². The van der Waals surface area contributed by atoms with Crippen molar-refractivity contribution in [2.75, 3.05) is 0 Å². The molecule has 1 atom stereocenters. The molecule has 1 unspecified atom stereocenters. The van der Waals surface area contributed by atoms with E-state index in [4.69, 9.17) is 10.00 Å². The molecule has 3 heteroatoms. The van der Waals surface area contributed by atoms with Gasteiger partial charge >= 0.3 is 5.97 Å². The third kappa shape index (κ3) is 3.78. The van der Waals surface area contributed by atoms with Gasteiger partial charge in [-0.2, -0.15) is 5.26 Å². The molecule has 0 spiro atoms. The molecule has 0 rings (SSSR count). The number of hydrogen-bond donors (Lipinski definition) is 0. The van der Waals surface area contributed by atoms with Crippen LogP contribution in [0.3, 0.4) is 0 Å². The molecule has 0 amide bonds. The van der Waals surface area contributed by atoms with Crippen LogP contribution in [-0.4, -0.2) is 12.1 Å². The molecule has 0 aromatic carbocycles. The minimum absolute atomic E-state index is 0.0988. The van der Waals surface area contributed by atoms with Gasteiger partial charge in [0.05, 0.1) is 6.07 Å². The van der Waals surface area contributed by atoms with Crippen LogP contribution in [0, 0.1) is 29.1 Å². The zero-order valence-corrected chi connectivity index (χ0v) is 9.57. The van der Waals surface area contributed by atoms with Gasteiger partial charge in [-0.05, 0) is 18.8 Å². The summed E-state index contributed by atoms with van der Waals surface area (Å²) < 4.78 is 5.26. The lowest BCUT2D eigenvalue weighted by Gasteiger charge is -2.25. The maximum Gasteiger partial charge on any atom is 0.323 e. The van der Waals surface area contributed by atoms with Crippen LogP contribution in [0.1, 0.15) is 34.6 Å². The highest BCUT2D eigenvalue weighted by atomic mass is 16.5. The van der Waals surface area contributed by atoms with Crippen LogP contribution in [0.15, 0.2) is 0 Å². The highest BCUT2D eigenvalue weighted by Crippen LogP contribution is 2.17. The van der Waals surface area contributed by atoms with E-state index in [1.54, 1.807) is 6.92 Å². The molecule has 0 aromatic heterocycles. The number of nitrogens with zero attached hydrogens (tertiary/aromatic N) is 1. The molecule has 80 valence electrons. The molecule has 0 saturated carbocycles. The fraction of sp³-hybridized carbons (Fsp3) is 0.818. The minimum atomic E-state index is -0.671. The first-order valence-electron chi connectivity index (χ1n) is 5.00. The van der Waals surface area contributed by atoms with Crippen LogP contribution in [0.25, 0.3) is 0 Å². The van der Waals surface area contributed by atoms with Gasteiger partial charge in [-0.25, -0.2) is 0 Å². The van der Waals surface area contributed by atoms with Crippen molar-refractivity contribution in [3.63, 3.8) is 0 Å². The third-order valence-corrected chi connectivity index (χ3v) is 2.11. The molecule has 0 aliphatic carbocycles. The first kappa shape index (κ1) is 13.0. The van der Waals surface area contributed by atoms with Crippen molar-refractivity contribution in [1.29, 1.82) is 5.26 Å². The van der Waals surface area contributed by atoms with Crippen molar-refractivity contribution in [3.8, 4) is 6.07 Å². The van der Waals surface area contributed by atoms with Crippen molar-refractivity contribution in [2.45, 2.75) is 40.7 Å². The lowest BCUT2D eigenvalue weighted by atomic mass is 9.96. The number of esters is 1. The standard InChI is InChI=1S/C11H19NO2/c1-7(2)10(8(3)4)14-11(13)9(5)6-12/h7-10H,1-5H3. The fourth-order valence-electron chi connectivity index (χ4n) is 1.33. The summed E-state index contributed by atoms with van der Waals surface area (Å²) in [6, 6.07) is 1.87. The summed E-state index contributed by atoms with van der Waals surface area (Å²) in [7, 11) is 0. The molecule has 0 aliphatic rings. The summed E-state index contributed by atoms with van der Waals surface area (Å²) in [5.41, 5.74) is 0. The Morgan fingerprint density at radius 1 is 1.14 bits per heavy atom. The number of hydrogen-bond acceptors (Lipinski definition) is 3. The number of carbonyl (C=O) groups is 1. The maximum absolute atomic E-state index is 11.3. The lowest BCUT2D eigenvalue weighted by molar-refractivity contribution is -0.156. The second-order valence-electron chi connectivity index (χ2n) is 4.24. The quantitative estimate of drug-likeness (QED) is 0.650. The van der Waals surface area contributed by atoms with Crippen LogP contribution < -0.4 is 0 Å². The summed E-state index contributed by atoms with van der Waals surface area (Å²) in [5.74, 6) is -0.524. The monoisotopic (exact) mass is 197 g/mol. The van der Waals surface area contributed by atoms with Crippen LogP contribution >= 0.6 is 0 Å². The second-order valence-corrected chi connectivity index (χ2v) is 4.24. The van der Waals surface area contributed by atoms with Gasteiger partial charge < -0.3 is 4.74 Å². The predicted octanol–water partition coefficient (Wildman–Crippen LogP) is 2.37. The SMILES string of the molecule is CC(C#N)C(=O)OC(C(C)C)C(C)C. The molecule has 3 nitrogen and oxygen atoms in total. The second kappa shape index (κ2) is 5.64. The highest BCUT2D eigenvalue weighted by molar-refractivity contribution is 5.74. The summed E-state index contributed by atoms with van der Waals surface area (Å²) in [5, 5.41) is 8.54. The molecule has 0 bridgehead atoms. The van der Waals surface area contributed by atoms with Crippen molar-refractivity contribution in [2.24, 2.45) is 17.8 Å². The summed E-state index contributed by atoms with van der Waals surface area (Å²) in [4.78, 5) is 11.3. The van der Waals surface area contributed by atoms with Crippen LogP contribution in [-0.2, 0) is 9.53 Å². The maximum atomic E-state index is 11.3. The van der Waals surface area contributed by atoms with Gasteiger partial charge in [-0.15, -0.1) is 0 Å². The zero-order chi connectivity index (χ0) is 11.3.